The van der Waals surface area contributed by atoms with Gasteiger partial charge in [-0.25, -0.2) is 9.59 Å². The molecule has 0 unspecified atom stereocenters. The first-order chi connectivity index (χ1) is 9.97. The van der Waals surface area contributed by atoms with Gasteiger partial charge >= 0.3 is 11.9 Å². The molecule has 0 amide bonds. The number of hydrogen-bond donors (Lipinski definition) is 2. The van der Waals surface area contributed by atoms with Crippen LogP contribution in [-0.4, -0.2) is 22.2 Å². The van der Waals surface area contributed by atoms with Gasteiger partial charge in [0.1, 0.15) is 0 Å². The maximum atomic E-state index is 11.2. The molecule has 4 nitrogen and oxygen atoms in total. The molecule has 108 valence electrons. The van der Waals surface area contributed by atoms with E-state index >= 15 is 0 Å². The summed E-state index contributed by atoms with van der Waals surface area (Å²) in [6, 6.07) is 11.6. The number of thioether (sulfide) groups is 1. The Morgan fingerprint density at radius 3 is 2.24 bits per heavy atom. The van der Waals surface area contributed by atoms with Crippen LogP contribution in [0.15, 0.2) is 51.8 Å². The van der Waals surface area contributed by atoms with Crippen molar-refractivity contribution >= 4 is 39.6 Å². The van der Waals surface area contributed by atoms with Crippen molar-refractivity contribution in [1.29, 1.82) is 0 Å². The molecule has 0 bridgehead atoms. The van der Waals surface area contributed by atoms with Crippen LogP contribution in [-0.2, 0) is 5.75 Å². The fourth-order valence-corrected chi connectivity index (χ4v) is 3.25. The second kappa shape index (κ2) is 6.78. The molecule has 0 aliphatic heterocycles. The van der Waals surface area contributed by atoms with Gasteiger partial charge in [-0.2, -0.15) is 0 Å². The highest BCUT2D eigenvalue weighted by Crippen LogP contribution is 2.29. The maximum absolute atomic E-state index is 11.2. The van der Waals surface area contributed by atoms with E-state index in [2.05, 4.69) is 15.9 Å². The number of carbonyl (C=O) groups is 2. The molecule has 0 aromatic heterocycles. The average Bonchev–Trinajstić information content (AvgIpc) is 2.45. The Bertz CT molecular complexity index is 683. The van der Waals surface area contributed by atoms with Crippen LogP contribution in [0.1, 0.15) is 26.3 Å². The number of carboxylic acids is 2. The summed E-state index contributed by atoms with van der Waals surface area (Å²) in [5.41, 5.74) is 1.42. The van der Waals surface area contributed by atoms with E-state index < -0.39 is 11.9 Å². The average molecular weight is 367 g/mol. The fraction of sp³-hybridized carbons (Fsp3) is 0.0667. The largest absolute Gasteiger partial charge is 0.478 e. The predicted octanol–water partition coefficient (Wildman–Crippen LogP) is 4.14. The van der Waals surface area contributed by atoms with Gasteiger partial charge in [-0.1, -0.05) is 28.1 Å². The van der Waals surface area contributed by atoms with E-state index in [1.807, 2.05) is 0 Å². The molecule has 0 radical (unpaired) electrons. The van der Waals surface area contributed by atoms with E-state index in [1.165, 1.54) is 23.9 Å². The van der Waals surface area contributed by atoms with Gasteiger partial charge in [0, 0.05) is 15.1 Å². The first kappa shape index (κ1) is 15.6. The van der Waals surface area contributed by atoms with Gasteiger partial charge in [0.2, 0.25) is 0 Å². The minimum Gasteiger partial charge on any atom is -0.478 e. The topological polar surface area (TPSA) is 74.6 Å². The zero-order chi connectivity index (χ0) is 15.4. The van der Waals surface area contributed by atoms with Gasteiger partial charge in [-0.15, -0.1) is 11.8 Å². The molecule has 0 aliphatic rings. The normalized spacial score (nSPS) is 10.3. The number of aromatic carboxylic acids is 2. The predicted molar refractivity (Wildman–Crippen MR) is 84.1 cm³/mol. The van der Waals surface area contributed by atoms with Crippen molar-refractivity contribution in [3.63, 3.8) is 0 Å². The van der Waals surface area contributed by atoms with Crippen molar-refractivity contribution in [2.24, 2.45) is 0 Å². The van der Waals surface area contributed by atoms with Crippen LogP contribution in [0.2, 0.25) is 0 Å². The zero-order valence-corrected chi connectivity index (χ0v) is 13.1. The minimum absolute atomic E-state index is 0.234. The van der Waals surface area contributed by atoms with Gasteiger partial charge in [0.25, 0.3) is 0 Å². The van der Waals surface area contributed by atoms with Crippen LogP contribution in [0.4, 0.5) is 0 Å². The third-order valence-corrected chi connectivity index (χ3v) is 4.39. The van der Waals surface area contributed by atoms with Crippen LogP contribution in [0, 0.1) is 0 Å². The Labute approximate surface area is 133 Å². The summed E-state index contributed by atoms with van der Waals surface area (Å²) >= 11 is 4.72. The van der Waals surface area contributed by atoms with Crippen molar-refractivity contribution in [2.45, 2.75) is 10.6 Å². The summed E-state index contributed by atoms with van der Waals surface area (Å²) in [6.45, 7) is 0. The molecule has 0 spiro atoms. The maximum Gasteiger partial charge on any atom is 0.336 e. The van der Waals surface area contributed by atoms with Crippen LogP contribution in [0.5, 0.6) is 0 Å². The van der Waals surface area contributed by atoms with Gasteiger partial charge < -0.3 is 10.2 Å². The molecule has 0 fully saturated rings. The van der Waals surface area contributed by atoms with Crippen LogP contribution >= 0.6 is 27.7 Å². The van der Waals surface area contributed by atoms with Gasteiger partial charge in [-0.05, 0) is 35.9 Å². The van der Waals surface area contributed by atoms with Crippen molar-refractivity contribution in [3.05, 3.63) is 63.6 Å². The fourth-order valence-electron chi connectivity index (χ4n) is 1.70. The molecule has 6 heteroatoms. The Morgan fingerprint density at radius 2 is 1.67 bits per heavy atom. The summed E-state index contributed by atoms with van der Waals surface area (Å²) in [5.74, 6) is -1.36. The smallest absolute Gasteiger partial charge is 0.336 e. The third-order valence-electron chi connectivity index (χ3n) is 2.77. The Hall–Kier alpha value is -1.79. The van der Waals surface area contributed by atoms with Crippen LogP contribution < -0.4 is 0 Å². The van der Waals surface area contributed by atoms with E-state index in [-0.39, 0.29) is 11.1 Å². The van der Waals surface area contributed by atoms with Crippen molar-refractivity contribution in [3.8, 4) is 0 Å². The van der Waals surface area contributed by atoms with E-state index in [0.29, 0.717) is 10.6 Å². The lowest BCUT2D eigenvalue weighted by Crippen LogP contribution is -1.99. The van der Waals surface area contributed by atoms with Crippen molar-refractivity contribution in [2.75, 3.05) is 0 Å². The molecule has 0 atom stereocenters. The molecule has 2 rings (SSSR count). The number of benzene rings is 2. The summed E-state index contributed by atoms with van der Waals surface area (Å²) in [7, 11) is 0. The highest BCUT2D eigenvalue weighted by atomic mass is 79.9. The molecule has 0 aliphatic carbocycles. The second-order valence-corrected chi connectivity index (χ2v) is 6.17. The third kappa shape index (κ3) is 4.09. The Morgan fingerprint density at radius 1 is 1.00 bits per heavy atom. The van der Waals surface area contributed by atoms with Crippen molar-refractivity contribution in [1.82, 2.24) is 0 Å². The summed E-state index contributed by atoms with van der Waals surface area (Å²) in [5, 5.41) is 18.0. The van der Waals surface area contributed by atoms with Crippen LogP contribution in [0.25, 0.3) is 0 Å². The van der Waals surface area contributed by atoms with E-state index in [9.17, 15) is 9.59 Å². The molecule has 0 heterocycles. The minimum atomic E-state index is -0.966. The van der Waals surface area contributed by atoms with E-state index in [1.54, 1.807) is 30.3 Å². The quantitative estimate of drug-likeness (QED) is 0.777. The summed E-state index contributed by atoms with van der Waals surface area (Å²) in [4.78, 5) is 22.6. The highest BCUT2D eigenvalue weighted by molar-refractivity contribution is 9.10. The second-order valence-electron chi connectivity index (χ2n) is 4.24. The number of carboxylic acid groups (broad SMARTS) is 2. The highest BCUT2D eigenvalue weighted by Gasteiger charge is 2.11. The molecule has 0 saturated heterocycles. The SMILES string of the molecule is O=C(O)c1ccc(CSc2cc(Br)ccc2C(=O)O)cc1. The van der Waals surface area contributed by atoms with Crippen molar-refractivity contribution < 1.29 is 19.8 Å². The number of halogens is 1. The summed E-state index contributed by atoms with van der Waals surface area (Å²) < 4.78 is 0.816. The molecule has 2 aromatic rings. The molecular formula is C15H11BrO4S. The lowest BCUT2D eigenvalue weighted by molar-refractivity contribution is 0.0684. The van der Waals surface area contributed by atoms with Gasteiger partial charge in [0.15, 0.2) is 0 Å². The lowest BCUT2D eigenvalue weighted by Gasteiger charge is -2.07. The van der Waals surface area contributed by atoms with E-state index in [4.69, 9.17) is 10.2 Å². The molecule has 2 N–H and O–H groups in total. The first-order valence-corrected chi connectivity index (χ1v) is 7.73. The number of rotatable bonds is 5. The molecule has 0 saturated carbocycles. The van der Waals surface area contributed by atoms with Crippen LogP contribution in [0.3, 0.4) is 0 Å². The Balaban J connectivity index is 2.14. The number of hydrogen-bond acceptors (Lipinski definition) is 3. The first-order valence-electron chi connectivity index (χ1n) is 5.95. The standard InChI is InChI=1S/C15H11BrO4S/c16-11-5-6-12(15(19)20)13(7-11)21-8-9-1-3-10(4-2-9)14(17)18/h1-7H,8H2,(H,17,18)(H,19,20). The van der Waals surface area contributed by atoms with E-state index in [0.717, 1.165) is 10.0 Å². The lowest BCUT2D eigenvalue weighted by atomic mass is 10.1. The zero-order valence-electron chi connectivity index (χ0n) is 10.7. The van der Waals surface area contributed by atoms with Gasteiger partial charge in [0.05, 0.1) is 11.1 Å². The molecule has 2 aromatic carbocycles. The monoisotopic (exact) mass is 366 g/mol. The molecular weight excluding hydrogens is 356 g/mol. The molecule has 21 heavy (non-hydrogen) atoms. The van der Waals surface area contributed by atoms with Gasteiger partial charge in [-0.3, -0.25) is 0 Å². The Kier molecular flexibility index (Phi) is 5.03. The summed E-state index contributed by atoms with van der Waals surface area (Å²) in [6.07, 6.45) is 0.